The average molecular weight is 387 g/mol. The summed E-state index contributed by atoms with van der Waals surface area (Å²) in [4.78, 5) is 37.3. The van der Waals surface area contributed by atoms with Crippen LogP contribution in [0, 0.1) is 15.9 Å². The van der Waals surface area contributed by atoms with Crippen LogP contribution in [0.1, 0.15) is 20.3 Å². The van der Waals surface area contributed by atoms with Gasteiger partial charge in [-0.1, -0.05) is 6.92 Å². The average Bonchev–Trinajstić information content (AvgIpc) is 2.68. The SMILES string of the molecule is CCC1Oc2ccc([N+](=O)[O-])cc2N(C(C)C(=O)Nc2ccc(F)cc2)C1=O. The summed E-state index contributed by atoms with van der Waals surface area (Å²) < 4.78 is 18.7. The molecule has 0 radical (unpaired) electrons. The number of rotatable bonds is 5. The van der Waals surface area contributed by atoms with Crippen molar-refractivity contribution in [2.75, 3.05) is 10.2 Å². The molecule has 0 saturated heterocycles. The number of carbonyl (C=O) groups excluding carboxylic acids is 2. The number of non-ortho nitro benzene ring substituents is 1. The highest BCUT2D eigenvalue weighted by Crippen LogP contribution is 2.38. The maximum absolute atomic E-state index is 13.0. The van der Waals surface area contributed by atoms with Crippen molar-refractivity contribution in [2.24, 2.45) is 0 Å². The highest BCUT2D eigenvalue weighted by Gasteiger charge is 2.39. The quantitative estimate of drug-likeness (QED) is 0.627. The number of hydrogen-bond donors (Lipinski definition) is 1. The van der Waals surface area contributed by atoms with Gasteiger partial charge in [-0.05, 0) is 43.7 Å². The second kappa shape index (κ2) is 7.63. The summed E-state index contributed by atoms with van der Waals surface area (Å²) >= 11 is 0. The molecule has 1 N–H and O–H groups in total. The van der Waals surface area contributed by atoms with Crippen LogP contribution >= 0.6 is 0 Å². The minimum Gasteiger partial charge on any atom is -0.478 e. The van der Waals surface area contributed by atoms with E-state index >= 15 is 0 Å². The molecule has 1 aliphatic rings. The van der Waals surface area contributed by atoms with Crippen LogP contribution in [0.5, 0.6) is 5.75 Å². The first-order valence-corrected chi connectivity index (χ1v) is 8.66. The van der Waals surface area contributed by atoms with Gasteiger partial charge in [0.15, 0.2) is 6.10 Å². The van der Waals surface area contributed by atoms with Crippen molar-refractivity contribution in [1.82, 2.24) is 0 Å². The third-order valence-corrected chi connectivity index (χ3v) is 4.44. The smallest absolute Gasteiger partial charge is 0.271 e. The number of carbonyl (C=O) groups is 2. The maximum atomic E-state index is 13.0. The minimum atomic E-state index is -0.976. The minimum absolute atomic E-state index is 0.158. The van der Waals surface area contributed by atoms with Crippen LogP contribution in [0.3, 0.4) is 0 Å². The molecule has 0 saturated carbocycles. The van der Waals surface area contributed by atoms with Crippen LogP contribution in [-0.2, 0) is 9.59 Å². The van der Waals surface area contributed by atoms with Crippen LogP contribution in [-0.4, -0.2) is 28.9 Å². The van der Waals surface area contributed by atoms with Gasteiger partial charge in [-0.2, -0.15) is 0 Å². The molecule has 2 aromatic rings. The Kier molecular flexibility index (Phi) is 5.25. The van der Waals surface area contributed by atoms with E-state index in [1.807, 2.05) is 0 Å². The molecular weight excluding hydrogens is 369 g/mol. The Balaban J connectivity index is 1.94. The lowest BCUT2D eigenvalue weighted by Crippen LogP contribution is -2.53. The summed E-state index contributed by atoms with van der Waals surface area (Å²) in [6.45, 7) is 3.28. The van der Waals surface area contributed by atoms with Crippen LogP contribution < -0.4 is 15.0 Å². The molecule has 3 rings (SSSR count). The van der Waals surface area contributed by atoms with E-state index in [0.29, 0.717) is 17.9 Å². The van der Waals surface area contributed by atoms with Gasteiger partial charge >= 0.3 is 0 Å². The Labute approximate surface area is 160 Å². The number of ether oxygens (including phenoxy) is 1. The standard InChI is InChI=1S/C19H18FN3O5/c1-3-16-19(25)22(15-10-14(23(26)27)8-9-17(15)28-16)11(2)18(24)21-13-6-4-12(20)5-7-13/h4-11,16H,3H2,1-2H3,(H,21,24). The monoisotopic (exact) mass is 387 g/mol. The van der Waals surface area contributed by atoms with Gasteiger partial charge < -0.3 is 10.1 Å². The number of nitrogens with one attached hydrogen (secondary N) is 1. The molecule has 2 aromatic carbocycles. The van der Waals surface area contributed by atoms with Crippen molar-refractivity contribution in [2.45, 2.75) is 32.4 Å². The normalized spacial score (nSPS) is 16.8. The summed E-state index contributed by atoms with van der Waals surface area (Å²) in [6.07, 6.45) is -0.423. The number of hydrogen-bond acceptors (Lipinski definition) is 5. The van der Waals surface area contributed by atoms with Crippen LogP contribution in [0.15, 0.2) is 42.5 Å². The third kappa shape index (κ3) is 3.64. The fraction of sp³-hybridized carbons (Fsp3) is 0.263. The van der Waals surface area contributed by atoms with Crippen molar-refractivity contribution < 1.29 is 23.6 Å². The van der Waals surface area contributed by atoms with Gasteiger partial charge in [0.25, 0.3) is 11.6 Å². The molecule has 1 aliphatic heterocycles. The van der Waals surface area contributed by atoms with Gasteiger partial charge in [0.05, 0.1) is 10.6 Å². The molecule has 8 nitrogen and oxygen atoms in total. The Hall–Kier alpha value is -3.49. The van der Waals surface area contributed by atoms with E-state index in [0.717, 1.165) is 0 Å². The van der Waals surface area contributed by atoms with E-state index in [1.54, 1.807) is 6.92 Å². The summed E-state index contributed by atoms with van der Waals surface area (Å²) in [5.74, 6) is -1.13. The third-order valence-electron chi connectivity index (χ3n) is 4.44. The molecule has 2 amide bonds. The molecule has 2 atom stereocenters. The Morgan fingerprint density at radius 2 is 2.00 bits per heavy atom. The number of amides is 2. The molecule has 9 heteroatoms. The van der Waals surface area contributed by atoms with Gasteiger partial charge in [0, 0.05) is 17.8 Å². The number of benzene rings is 2. The maximum Gasteiger partial charge on any atom is 0.271 e. The Morgan fingerprint density at radius 1 is 1.32 bits per heavy atom. The number of fused-ring (bicyclic) bond motifs is 1. The molecule has 0 fully saturated rings. The van der Waals surface area contributed by atoms with Crippen molar-refractivity contribution in [3.8, 4) is 5.75 Å². The molecule has 1 heterocycles. The largest absolute Gasteiger partial charge is 0.478 e. The zero-order valence-electron chi connectivity index (χ0n) is 15.2. The van der Waals surface area contributed by atoms with Crippen molar-refractivity contribution in [3.05, 3.63) is 58.4 Å². The summed E-state index contributed by atoms with van der Waals surface area (Å²) in [6, 6.07) is 8.13. The van der Waals surface area contributed by atoms with E-state index in [9.17, 15) is 24.1 Å². The predicted molar refractivity (Wildman–Crippen MR) is 99.8 cm³/mol. The first kappa shape index (κ1) is 19.3. The molecule has 0 spiro atoms. The van der Waals surface area contributed by atoms with Crippen molar-refractivity contribution in [1.29, 1.82) is 0 Å². The van der Waals surface area contributed by atoms with Crippen LogP contribution in [0.4, 0.5) is 21.5 Å². The lowest BCUT2D eigenvalue weighted by atomic mass is 10.1. The van der Waals surface area contributed by atoms with Gasteiger partial charge in [-0.25, -0.2) is 4.39 Å². The number of anilines is 2. The van der Waals surface area contributed by atoms with E-state index < -0.39 is 34.7 Å². The first-order valence-electron chi connectivity index (χ1n) is 8.66. The molecule has 146 valence electrons. The van der Waals surface area contributed by atoms with Gasteiger partial charge in [-0.15, -0.1) is 0 Å². The molecule has 0 bridgehead atoms. The van der Waals surface area contributed by atoms with Crippen LogP contribution in [0.25, 0.3) is 0 Å². The van der Waals surface area contributed by atoms with Crippen molar-refractivity contribution in [3.63, 3.8) is 0 Å². The highest BCUT2D eigenvalue weighted by atomic mass is 19.1. The van der Waals surface area contributed by atoms with Gasteiger partial charge in [0.1, 0.15) is 17.6 Å². The number of halogens is 1. The van der Waals surface area contributed by atoms with Gasteiger partial charge in [0.2, 0.25) is 5.91 Å². The van der Waals surface area contributed by atoms with E-state index in [-0.39, 0.29) is 11.4 Å². The molecule has 28 heavy (non-hydrogen) atoms. The zero-order chi connectivity index (χ0) is 20.4. The fourth-order valence-corrected chi connectivity index (χ4v) is 2.94. The fourth-order valence-electron chi connectivity index (χ4n) is 2.94. The summed E-state index contributed by atoms with van der Waals surface area (Å²) in [5.41, 5.74) is 0.303. The first-order chi connectivity index (χ1) is 13.3. The topological polar surface area (TPSA) is 102 Å². The zero-order valence-corrected chi connectivity index (χ0v) is 15.2. The number of nitro groups is 1. The van der Waals surface area contributed by atoms with Crippen molar-refractivity contribution >= 4 is 28.9 Å². The molecule has 0 aromatic heterocycles. The Morgan fingerprint density at radius 3 is 2.61 bits per heavy atom. The lowest BCUT2D eigenvalue weighted by Gasteiger charge is -2.36. The lowest BCUT2D eigenvalue weighted by molar-refractivity contribution is -0.384. The number of nitrogens with zero attached hydrogens (tertiary/aromatic N) is 2. The predicted octanol–water partition coefficient (Wildman–Crippen LogP) is 3.27. The molecular formula is C19H18FN3O5. The molecule has 0 aliphatic carbocycles. The Bertz CT molecular complexity index is 932. The van der Waals surface area contributed by atoms with E-state index in [1.165, 1.54) is 54.3 Å². The second-order valence-electron chi connectivity index (χ2n) is 6.30. The van der Waals surface area contributed by atoms with Gasteiger partial charge in [-0.3, -0.25) is 24.6 Å². The number of nitro benzene ring substituents is 1. The van der Waals surface area contributed by atoms with E-state index in [4.69, 9.17) is 4.74 Å². The summed E-state index contributed by atoms with van der Waals surface area (Å²) in [7, 11) is 0. The summed E-state index contributed by atoms with van der Waals surface area (Å²) in [5, 5.41) is 13.7. The second-order valence-corrected chi connectivity index (χ2v) is 6.30. The highest BCUT2D eigenvalue weighted by molar-refractivity contribution is 6.08. The van der Waals surface area contributed by atoms with E-state index in [2.05, 4.69) is 5.32 Å². The molecule has 2 unspecified atom stereocenters. The van der Waals surface area contributed by atoms with Crippen LogP contribution in [0.2, 0.25) is 0 Å².